The smallest absolute Gasteiger partial charge is 0.332 e. The van der Waals surface area contributed by atoms with Crippen LogP contribution in [-0.4, -0.2) is 41.4 Å². The van der Waals surface area contributed by atoms with Crippen LogP contribution in [0.1, 0.15) is 51.0 Å². The molecule has 0 radical (unpaired) electrons. The fourth-order valence-corrected chi connectivity index (χ4v) is 3.75. The van der Waals surface area contributed by atoms with Crippen LogP contribution in [0.5, 0.6) is 0 Å². The zero-order valence-corrected chi connectivity index (χ0v) is 15.5. The molecule has 6 nitrogen and oxygen atoms in total. The average Bonchev–Trinajstić information content (AvgIpc) is 2.81. The van der Waals surface area contributed by atoms with Gasteiger partial charge in [0.15, 0.2) is 0 Å². The summed E-state index contributed by atoms with van der Waals surface area (Å²) < 4.78 is 0. The predicted molar refractivity (Wildman–Crippen MR) is 99.9 cm³/mol. The average molecular weight is 357 g/mol. The molecule has 1 aliphatic heterocycles. The highest BCUT2D eigenvalue weighted by molar-refractivity contribution is 6.15. The first kappa shape index (κ1) is 18.4. The number of benzene rings is 1. The second-order valence-electron chi connectivity index (χ2n) is 7.34. The number of hydrogen-bond donors (Lipinski definition) is 1. The Bertz CT molecular complexity index is 678. The Morgan fingerprint density at radius 3 is 2.31 bits per heavy atom. The van der Waals surface area contributed by atoms with Crippen LogP contribution >= 0.6 is 0 Å². The topological polar surface area (TPSA) is 69.7 Å². The number of amides is 4. The number of anilines is 1. The molecule has 0 bridgehead atoms. The number of nitrogens with one attached hydrogen (secondary N) is 1. The first-order chi connectivity index (χ1) is 12.5. The van der Waals surface area contributed by atoms with E-state index < -0.39 is 12.1 Å². The number of carbonyl (C=O) groups excluding carboxylic acids is 3. The van der Waals surface area contributed by atoms with Gasteiger partial charge < -0.3 is 5.32 Å². The van der Waals surface area contributed by atoms with E-state index in [2.05, 4.69) is 5.32 Å². The molecule has 140 valence electrons. The molecule has 1 aliphatic carbocycles. The molecule has 0 spiro atoms. The zero-order valence-electron chi connectivity index (χ0n) is 15.5. The van der Waals surface area contributed by atoms with Crippen molar-refractivity contribution in [3.8, 4) is 0 Å². The second kappa shape index (κ2) is 7.89. The molecule has 1 aromatic carbocycles. The van der Waals surface area contributed by atoms with E-state index in [1.54, 1.807) is 6.92 Å². The molecule has 0 aromatic heterocycles. The number of hydrogen-bond acceptors (Lipinski definition) is 3. The summed E-state index contributed by atoms with van der Waals surface area (Å²) in [6, 6.07) is 6.59. The van der Waals surface area contributed by atoms with E-state index in [0.29, 0.717) is 5.69 Å². The molecule has 1 saturated carbocycles. The van der Waals surface area contributed by atoms with Crippen LogP contribution in [0.2, 0.25) is 0 Å². The third-order valence-electron chi connectivity index (χ3n) is 5.28. The Balaban J connectivity index is 1.66. The Labute approximate surface area is 154 Å². The fraction of sp³-hybridized carbons (Fsp3) is 0.550. The summed E-state index contributed by atoms with van der Waals surface area (Å²) >= 11 is 0. The van der Waals surface area contributed by atoms with Crippen LogP contribution in [0.15, 0.2) is 24.3 Å². The maximum Gasteiger partial charge on any atom is 0.332 e. The summed E-state index contributed by atoms with van der Waals surface area (Å²) in [5.41, 5.74) is 1.76. The van der Waals surface area contributed by atoms with Gasteiger partial charge >= 0.3 is 6.03 Å². The van der Waals surface area contributed by atoms with Crippen LogP contribution in [0, 0.1) is 6.92 Å². The summed E-state index contributed by atoms with van der Waals surface area (Å²) in [6.45, 7) is 3.46. The van der Waals surface area contributed by atoms with Gasteiger partial charge in [-0.3, -0.25) is 19.4 Å². The van der Waals surface area contributed by atoms with Gasteiger partial charge in [-0.2, -0.15) is 0 Å². The number of urea groups is 1. The maximum absolute atomic E-state index is 12.7. The summed E-state index contributed by atoms with van der Waals surface area (Å²) in [7, 11) is 0. The quantitative estimate of drug-likeness (QED) is 0.665. The Kier molecular flexibility index (Phi) is 5.59. The molecule has 3 rings (SSSR count). The van der Waals surface area contributed by atoms with E-state index in [0.717, 1.165) is 36.1 Å². The summed E-state index contributed by atoms with van der Waals surface area (Å²) in [5, 5.41) is 3.00. The highest BCUT2D eigenvalue weighted by Gasteiger charge is 2.44. The lowest BCUT2D eigenvalue weighted by atomic mass is 10.1. The largest absolute Gasteiger partial charge is 0.352 e. The van der Waals surface area contributed by atoms with Gasteiger partial charge in [-0.1, -0.05) is 43.4 Å². The van der Waals surface area contributed by atoms with Crippen molar-refractivity contribution < 1.29 is 14.4 Å². The van der Waals surface area contributed by atoms with Crippen molar-refractivity contribution in [3.05, 3.63) is 29.8 Å². The number of nitrogens with zero attached hydrogens (tertiary/aromatic N) is 2. The molecular weight excluding hydrogens is 330 g/mol. The minimum absolute atomic E-state index is 0.156. The van der Waals surface area contributed by atoms with Gasteiger partial charge in [0.1, 0.15) is 12.6 Å². The minimum Gasteiger partial charge on any atom is -0.352 e. The lowest BCUT2D eigenvalue weighted by Gasteiger charge is -2.20. The standard InChI is InChI=1S/C20H27N3O3/c1-14-9-11-17(12-10-14)23-15(2)19(25)22(20(23)26)13-18(24)21-16-7-5-3-4-6-8-16/h9-12,15-16H,3-8,13H2,1-2H3,(H,21,24)/t15-/m1/s1. The van der Waals surface area contributed by atoms with Crippen molar-refractivity contribution >= 4 is 23.5 Å². The number of imide groups is 1. The van der Waals surface area contributed by atoms with Gasteiger partial charge in [0, 0.05) is 11.7 Å². The molecule has 6 heteroatoms. The summed E-state index contributed by atoms with van der Waals surface area (Å²) in [4.78, 5) is 40.2. The molecule has 4 amide bonds. The third-order valence-corrected chi connectivity index (χ3v) is 5.28. The molecule has 26 heavy (non-hydrogen) atoms. The van der Waals surface area contributed by atoms with Crippen molar-refractivity contribution in [1.29, 1.82) is 0 Å². The summed E-state index contributed by atoms with van der Waals surface area (Å²) in [5.74, 6) is -0.580. The predicted octanol–water partition coefficient (Wildman–Crippen LogP) is 2.99. The molecular formula is C20H27N3O3. The normalized spacial score (nSPS) is 21.8. The third kappa shape index (κ3) is 3.89. The molecule has 1 saturated heterocycles. The van der Waals surface area contributed by atoms with Gasteiger partial charge in [0.2, 0.25) is 5.91 Å². The number of rotatable bonds is 4. The van der Waals surface area contributed by atoms with Crippen LogP contribution in [0.3, 0.4) is 0 Å². The van der Waals surface area contributed by atoms with E-state index in [4.69, 9.17) is 0 Å². The molecule has 0 unspecified atom stereocenters. The summed E-state index contributed by atoms with van der Waals surface area (Å²) in [6.07, 6.45) is 6.59. The first-order valence-electron chi connectivity index (χ1n) is 9.48. The van der Waals surface area contributed by atoms with Crippen molar-refractivity contribution in [3.63, 3.8) is 0 Å². The molecule has 1 heterocycles. The van der Waals surface area contributed by atoms with E-state index in [-0.39, 0.29) is 24.4 Å². The van der Waals surface area contributed by atoms with Gasteiger partial charge in [-0.05, 0) is 38.8 Å². The van der Waals surface area contributed by atoms with E-state index in [1.165, 1.54) is 17.7 Å². The van der Waals surface area contributed by atoms with Crippen LogP contribution in [0.25, 0.3) is 0 Å². The van der Waals surface area contributed by atoms with E-state index in [1.807, 2.05) is 31.2 Å². The Morgan fingerprint density at radius 2 is 1.69 bits per heavy atom. The monoisotopic (exact) mass is 357 g/mol. The van der Waals surface area contributed by atoms with Crippen LogP contribution < -0.4 is 10.2 Å². The van der Waals surface area contributed by atoms with Crippen molar-refractivity contribution in [2.24, 2.45) is 0 Å². The maximum atomic E-state index is 12.7. The van der Waals surface area contributed by atoms with Crippen LogP contribution in [-0.2, 0) is 9.59 Å². The fourth-order valence-electron chi connectivity index (χ4n) is 3.75. The van der Waals surface area contributed by atoms with Crippen molar-refractivity contribution in [2.45, 2.75) is 64.5 Å². The highest BCUT2D eigenvalue weighted by atomic mass is 16.2. The first-order valence-corrected chi connectivity index (χ1v) is 9.48. The van der Waals surface area contributed by atoms with E-state index in [9.17, 15) is 14.4 Å². The van der Waals surface area contributed by atoms with Gasteiger partial charge in [-0.15, -0.1) is 0 Å². The van der Waals surface area contributed by atoms with E-state index >= 15 is 0 Å². The number of aryl methyl sites for hydroxylation is 1. The SMILES string of the molecule is Cc1ccc(N2C(=O)N(CC(=O)NC3CCCCCC3)C(=O)[C@H]2C)cc1. The minimum atomic E-state index is -0.601. The second-order valence-corrected chi connectivity index (χ2v) is 7.34. The van der Waals surface area contributed by atoms with Crippen LogP contribution in [0.4, 0.5) is 10.5 Å². The van der Waals surface area contributed by atoms with Gasteiger partial charge in [0.05, 0.1) is 0 Å². The lowest BCUT2D eigenvalue weighted by Crippen LogP contribution is -2.44. The Hall–Kier alpha value is -2.37. The Morgan fingerprint density at radius 1 is 1.08 bits per heavy atom. The van der Waals surface area contributed by atoms with Crippen molar-refractivity contribution in [1.82, 2.24) is 10.2 Å². The molecule has 2 aliphatic rings. The van der Waals surface area contributed by atoms with Crippen molar-refractivity contribution in [2.75, 3.05) is 11.4 Å². The molecule has 1 atom stereocenters. The molecule has 1 aromatic rings. The highest BCUT2D eigenvalue weighted by Crippen LogP contribution is 2.26. The van der Waals surface area contributed by atoms with Gasteiger partial charge in [0.25, 0.3) is 5.91 Å². The number of carbonyl (C=O) groups is 3. The zero-order chi connectivity index (χ0) is 18.7. The lowest BCUT2D eigenvalue weighted by molar-refractivity contribution is -0.132. The van der Waals surface area contributed by atoms with Gasteiger partial charge in [-0.25, -0.2) is 4.79 Å². The molecule has 1 N–H and O–H groups in total. The molecule has 2 fully saturated rings.